The van der Waals surface area contributed by atoms with Gasteiger partial charge in [0, 0.05) is 29.0 Å². The molecule has 1 unspecified atom stereocenters. The Kier molecular flexibility index (Phi) is 4.41. The molecule has 0 spiro atoms. The van der Waals surface area contributed by atoms with Gasteiger partial charge in [-0.2, -0.15) is 0 Å². The van der Waals surface area contributed by atoms with Crippen LogP contribution in [0.2, 0.25) is 0 Å². The van der Waals surface area contributed by atoms with E-state index in [0.717, 1.165) is 15.9 Å². The van der Waals surface area contributed by atoms with E-state index in [1.54, 1.807) is 12.4 Å². The first-order valence-electron chi connectivity index (χ1n) is 5.68. The fourth-order valence-electron chi connectivity index (χ4n) is 1.74. The molecule has 3 N–H and O–H groups in total. The number of hydrogen-bond donors (Lipinski definition) is 2. The van der Waals surface area contributed by atoms with E-state index in [1.807, 2.05) is 31.2 Å². The summed E-state index contributed by atoms with van der Waals surface area (Å²) in [6.45, 7) is 2.04. The molecule has 5 heteroatoms. The van der Waals surface area contributed by atoms with Gasteiger partial charge in [-0.15, -0.1) is 0 Å². The first-order chi connectivity index (χ1) is 8.69. The Morgan fingerprint density at radius 1 is 1.33 bits per heavy atom. The van der Waals surface area contributed by atoms with Gasteiger partial charge < -0.3 is 0 Å². The number of aromatic nitrogens is 2. The predicted octanol–water partition coefficient (Wildman–Crippen LogP) is 2.29. The molecule has 18 heavy (non-hydrogen) atoms. The molecule has 0 saturated heterocycles. The first kappa shape index (κ1) is 13.1. The fraction of sp³-hybridized carbons (Fsp3) is 0.231. The highest BCUT2D eigenvalue weighted by Crippen LogP contribution is 2.16. The lowest BCUT2D eigenvalue weighted by Crippen LogP contribution is -2.30. The van der Waals surface area contributed by atoms with E-state index in [1.165, 1.54) is 5.56 Å². The molecule has 2 heterocycles. The zero-order valence-corrected chi connectivity index (χ0v) is 11.7. The molecular weight excluding hydrogens is 292 g/mol. The zero-order valence-electron chi connectivity index (χ0n) is 10.1. The van der Waals surface area contributed by atoms with Gasteiger partial charge in [0.1, 0.15) is 0 Å². The highest BCUT2D eigenvalue weighted by atomic mass is 79.9. The first-order valence-corrected chi connectivity index (χ1v) is 6.47. The summed E-state index contributed by atoms with van der Waals surface area (Å²) in [6.07, 6.45) is 4.29. The Hall–Kier alpha value is -1.30. The van der Waals surface area contributed by atoms with Crippen LogP contribution in [0.25, 0.3) is 0 Å². The molecule has 2 aromatic heterocycles. The third kappa shape index (κ3) is 3.35. The van der Waals surface area contributed by atoms with E-state index in [2.05, 4.69) is 31.3 Å². The molecule has 0 radical (unpaired) electrons. The third-order valence-electron chi connectivity index (χ3n) is 2.70. The number of nitrogens with two attached hydrogens (primary N) is 1. The Balaban J connectivity index is 2.17. The molecule has 0 bridgehead atoms. The van der Waals surface area contributed by atoms with Crippen molar-refractivity contribution in [3.63, 3.8) is 0 Å². The van der Waals surface area contributed by atoms with Crippen molar-refractivity contribution in [3.05, 3.63) is 58.1 Å². The summed E-state index contributed by atoms with van der Waals surface area (Å²) in [7, 11) is 0. The topological polar surface area (TPSA) is 63.8 Å². The molecule has 0 amide bonds. The number of rotatable bonds is 4. The van der Waals surface area contributed by atoms with Crippen LogP contribution in [0.5, 0.6) is 0 Å². The fourth-order valence-corrected chi connectivity index (χ4v) is 1.97. The zero-order chi connectivity index (χ0) is 13.0. The van der Waals surface area contributed by atoms with Gasteiger partial charge >= 0.3 is 0 Å². The van der Waals surface area contributed by atoms with Crippen molar-refractivity contribution in [2.75, 3.05) is 0 Å². The average Bonchev–Trinajstić information content (AvgIpc) is 2.38. The molecule has 4 nitrogen and oxygen atoms in total. The molecule has 0 saturated carbocycles. The van der Waals surface area contributed by atoms with Crippen molar-refractivity contribution in [2.24, 2.45) is 5.84 Å². The van der Waals surface area contributed by atoms with Gasteiger partial charge in [-0.25, -0.2) is 0 Å². The minimum Gasteiger partial charge on any atom is -0.271 e. The molecule has 0 aliphatic heterocycles. The largest absolute Gasteiger partial charge is 0.271 e. The van der Waals surface area contributed by atoms with Crippen LogP contribution in [-0.4, -0.2) is 9.97 Å². The number of nitrogens with one attached hydrogen (secondary N) is 1. The second kappa shape index (κ2) is 6.04. The molecule has 1 atom stereocenters. The molecule has 0 aliphatic carbocycles. The van der Waals surface area contributed by atoms with Crippen molar-refractivity contribution in [1.29, 1.82) is 0 Å². The van der Waals surface area contributed by atoms with E-state index in [9.17, 15) is 0 Å². The van der Waals surface area contributed by atoms with E-state index in [-0.39, 0.29) is 6.04 Å². The van der Waals surface area contributed by atoms with Gasteiger partial charge in [-0.05, 0) is 52.7 Å². The second-order valence-corrected chi connectivity index (χ2v) is 5.06. The monoisotopic (exact) mass is 306 g/mol. The highest BCUT2D eigenvalue weighted by molar-refractivity contribution is 9.10. The number of nitrogens with zero attached hydrogens (tertiary/aromatic N) is 2. The maximum atomic E-state index is 5.61. The number of halogens is 1. The van der Waals surface area contributed by atoms with Crippen LogP contribution in [0.4, 0.5) is 0 Å². The van der Waals surface area contributed by atoms with E-state index < -0.39 is 0 Å². The molecule has 0 aromatic carbocycles. The Morgan fingerprint density at radius 3 is 2.78 bits per heavy atom. The second-order valence-electron chi connectivity index (χ2n) is 4.15. The van der Waals surface area contributed by atoms with Crippen molar-refractivity contribution in [1.82, 2.24) is 15.4 Å². The summed E-state index contributed by atoms with van der Waals surface area (Å²) in [5.74, 6) is 5.61. The normalized spacial score (nSPS) is 12.4. The molecule has 0 fully saturated rings. The summed E-state index contributed by atoms with van der Waals surface area (Å²) in [5, 5.41) is 0. The lowest BCUT2D eigenvalue weighted by atomic mass is 10.1. The maximum absolute atomic E-state index is 5.61. The maximum Gasteiger partial charge on any atom is 0.0687 e. The molecule has 0 aliphatic rings. The molecule has 94 valence electrons. The van der Waals surface area contributed by atoms with Gasteiger partial charge in [0.05, 0.1) is 11.7 Å². The van der Waals surface area contributed by atoms with Gasteiger partial charge in [0.2, 0.25) is 0 Å². The average molecular weight is 307 g/mol. The number of pyridine rings is 2. The number of aryl methyl sites for hydroxylation is 1. The number of hydrogen-bond acceptors (Lipinski definition) is 4. The van der Waals surface area contributed by atoms with Gasteiger partial charge in [0.15, 0.2) is 0 Å². The highest BCUT2D eigenvalue weighted by Gasteiger charge is 2.12. The van der Waals surface area contributed by atoms with Crippen LogP contribution in [-0.2, 0) is 6.42 Å². The molecule has 2 aromatic rings. The van der Waals surface area contributed by atoms with Crippen LogP contribution < -0.4 is 11.3 Å². The van der Waals surface area contributed by atoms with Crippen LogP contribution in [0.1, 0.15) is 23.0 Å². The lowest BCUT2D eigenvalue weighted by Gasteiger charge is -2.15. The van der Waals surface area contributed by atoms with Gasteiger partial charge in [-0.3, -0.25) is 21.2 Å². The lowest BCUT2D eigenvalue weighted by molar-refractivity contribution is 0.532. The van der Waals surface area contributed by atoms with Crippen molar-refractivity contribution >= 4 is 15.9 Å². The Morgan fingerprint density at radius 2 is 2.17 bits per heavy atom. The molecule has 2 rings (SSSR count). The van der Waals surface area contributed by atoms with Gasteiger partial charge in [0.25, 0.3) is 0 Å². The van der Waals surface area contributed by atoms with Crippen molar-refractivity contribution in [3.8, 4) is 0 Å². The van der Waals surface area contributed by atoms with Crippen LogP contribution in [0.15, 0.2) is 41.1 Å². The standard InChI is InChI=1S/C13H15BrN4/c1-9-4-5-16-12(6-9)13(18-15)7-11-3-2-10(14)8-17-11/h2-6,8,13,18H,7,15H2,1H3. The Bertz CT molecular complexity index is 513. The minimum atomic E-state index is -0.0291. The van der Waals surface area contributed by atoms with E-state index in [4.69, 9.17) is 5.84 Å². The van der Waals surface area contributed by atoms with Crippen molar-refractivity contribution < 1.29 is 0 Å². The summed E-state index contributed by atoms with van der Waals surface area (Å²) < 4.78 is 0.970. The summed E-state index contributed by atoms with van der Waals surface area (Å²) in [5.41, 5.74) is 5.87. The minimum absolute atomic E-state index is 0.0291. The van der Waals surface area contributed by atoms with Crippen molar-refractivity contribution in [2.45, 2.75) is 19.4 Å². The molecular formula is C13H15BrN4. The van der Waals surface area contributed by atoms with Gasteiger partial charge in [-0.1, -0.05) is 0 Å². The predicted molar refractivity (Wildman–Crippen MR) is 74.7 cm³/mol. The van der Waals surface area contributed by atoms with E-state index >= 15 is 0 Å². The SMILES string of the molecule is Cc1ccnc(C(Cc2ccc(Br)cn2)NN)c1. The number of hydrazine groups is 1. The quantitative estimate of drug-likeness (QED) is 0.672. The van der Waals surface area contributed by atoms with Crippen LogP contribution >= 0.6 is 15.9 Å². The smallest absolute Gasteiger partial charge is 0.0687 e. The van der Waals surface area contributed by atoms with Crippen LogP contribution in [0.3, 0.4) is 0 Å². The van der Waals surface area contributed by atoms with E-state index in [0.29, 0.717) is 6.42 Å². The summed E-state index contributed by atoms with van der Waals surface area (Å²) in [4.78, 5) is 8.69. The Labute approximate surface area is 115 Å². The summed E-state index contributed by atoms with van der Waals surface area (Å²) in [6, 6.07) is 7.92. The van der Waals surface area contributed by atoms with Crippen LogP contribution in [0, 0.1) is 6.92 Å². The third-order valence-corrected chi connectivity index (χ3v) is 3.17. The summed E-state index contributed by atoms with van der Waals surface area (Å²) >= 11 is 3.37.